The molecule has 12 N–H and O–H groups in total. The molecule has 1 amide bonds. The van der Waals surface area contributed by atoms with Gasteiger partial charge < -0.3 is 67.3 Å². The fourth-order valence-electron chi connectivity index (χ4n) is 5.20. The van der Waals surface area contributed by atoms with E-state index in [0.29, 0.717) is 23.8 Å². The van der Waals surface area contributed by atoms with E-state index in [1.807, 2.05) is 0 Å². The van der Waals surface area contributed by atoms with Gasteiger partial charge in [-0.15, -0.1) is 0 Å². The van der Waals surface area contributed by atoms with Gasteiger partial charge >= 0.3 is 5.97 Å². The molecule has 0 fully saturated rings. The summed E-state index contributed by atoms with van der Waals surface area (Å²) in [7, 11) is 5.73. The van der Waals surface area contributed by atoms with Gasteiger partial charge in [0.1, 0.15) is 51.6 Å². The van der Waals surface area contributed by atoms with Crippen LogP contribution in [0.4, 0.5) is 52.2 Å². The molecule has 0 aliphatic heterocycles. The Labute approximate surface area is 362 Å². The van der Waals surface area contributed by atoms with E-state index in [-0.39, 0.29) is 84.1 Å². The van der Waals surface area contributed by atoms with E-state index in [1.165, 1.54) is 55.4 Å². The van der Waals surface area contributed by atoms with E-state index in [1.54, 1.807) is 14.1 Å². The van der Waals surface area contributed by atoms with Crippen LogP contribution in [0.5, 0.6) is 11.5 Å². The van der Waals surface area contributed by atoms with Crippen LogP contribution in [0.15, 0.2) is 48.8 Å². The second-order valence-corrected chi connectivity index (χ2v) is 13.8. The summed E-state index contributed by atoms with van der Waals surface area (Å²) >= 11 is 0. The van der Waals surface area contributed by atoms with Crippen molar-refractivity contribution in [1.29, 1.82) is 0 Å². The van der Waals surface area contributed by atoms with Gasteiger partial charge in [-0.1, -0.05) is 7.43 Å². The lowest BCUT2D eigenvalue weighted by molar-refractivity contribution is 0.00321. The molecule has 21 nitrogen and oxygen atoms in total. The van der Waals surface area contributed by atoms with Crippen LogP contribution >= 0.6 is 0 Å². The maximum atomic E-state index is 14.0. The molecule has 0 saturated heterocycles. The SMILES string of the molecule is C.CC(O)(CN)CO.CNc1cc(Nc2cc(F)cc(F)c2OC)nc2c(C(=O)NCC(C)(O)CO)cnn12.CNc1cc(Nc2cc(F)cc(F)c2OC)nc2c(C(=O)O)cnn12. The van der Waals surface area contributed by atoms with Gasteiger partial charge in [-0.2, -0.15) is 19.2 Å². The van der Waals surface area contributed by atoms with Gasteiger partial charge in [-0.05, 0) is 13.8 Å². The van der Waals surface area contributed by atoms with Gasteiger partial charge in [0.15, 0.2) is 34.4 Å². The quantitative estimate of drug-likeness (QED) is 0.0660. The maximum Gasteiger partial charge on any atom is 0.341 e. The van der Waals surface area contributed by atoms with Crippen LogP contribution in [0, 0.1) is 23.3 Å². The van der Waals surface area contributed by atoms with Gasteiger partial charge in [0, 0.05) is 63.6 Å². The minimum Gasteiger partial charge on any atom is -0.492 e. The lowest BCUT2D eigenvalue weighted by Gasteiger charge is -2.20. The number of carbonyl (C=O) groups excluding carboxylic acids is 1. The molecule has 0 spiro atoms. The zero-order chi connectivity index (χ0) is 46.8. The molecule has 0 bridgehead atoms. The summed E-state index contributed by atoms with van der Waals surface area (Å²) in [5.41, 5.74) is 2.63. The summed E-state index contributed by atoms with van der Waals surface area (Å²) in [5, 5.41) is 67.1. The average Bonchev–Trinajstić information content (AvgIpc) is 3.88. The average molecular weight is 907 g/mol. The first-order valence-electron chi connectivity index (χ1n) is 18.4. The van der Waals surface area contributed by atoms with Crippen LogP contribution < -0.4 is 41.8 Å². The van der Waals surface area contributed by atoms with Crippen molar-refractivity contribution in [1.82, 2.24) is 34.5 Å². The number of anilines is 6. The number of ether oxygens (including phenoxy) is 2. The molecule has 6 aromatic rings. The largest absolute Gasteiger partial charge is 0.492 e. The first-order chi connectivity index (χ1) is 29.7. The van der Waals surface area contributed by atoms with Crippen molar-refractivity contribution in [2.45, 2.75) is 32.5 Å². The highest BCUT2D eigenvalue weighted by molar-refractivity contribution is 6.00. The minimum atomic E-state index is -1.49. The number of halogens is 4. The lowest BCUT2D eigenvalue weighted by atomic mass is 10.1. The van der Waals surface area contributed by atoms with Crippen molar-refractivity contribution in [2.24, 2.45) is 5.73 Å². The zero-order valence-electron chi connectivity index (χ0n) is 34.6. The first-order valence-corrected chi connectivity index (χ1v) is 18.4. The Hall–Kier alpha value is -7.06. The number of fused-ring (bicyclic) bond motifs is 2. The number of aromatic carboxylic acids is 1. The Bertz CT molecular complexity index is 2570. The smallest absolute Gasteiger partial charge is 0.341 e. The number of carbonyl (C=O) groups is 2. The maximum absolute atomic E-state index is 14.0. The Morgan fingerprint density at radius 3 is 1.52 bits per heavy atom. The molecule has 0 radical (unpaired) electrons. The number of nitrogens with zero attached hydrogens (tertiary/aromatic N) is 6. The van der Waals surface area contributed by atoms with Crippen molar-refractivity contribution in [2.75, 3.05) is 75.9 Å². The van der Waals surface area contributed by atoms with E-state index >= 15 is 0 Å². The molecule has 25 heteroatoms. The molecule has 64 heavy (non-hydrogen) atoms. The highest BCUT2D eigenvalue weighted by Gasteiger charge is 2.24. The number of hydrogen-bond donors (Lipinski definition) is 11. The van der Waals surface area contributed by atoms with Gasteiger partial charge in [-0.3, -0.25) is 4.79 Å². The monoisotopic (exact) mass is 906 g/mol. The molecule has 6 rings (SSSR count). The Kier molecular flexibility index (Phi) is 17.5. The fourth-order valence-corrected chi connectivity index (χ4v) is 5.20. The predicted molar refractivity (Wildman–Crippen MR) is 228 cm³/mol. The number of nitrogens with one attached hydrogen (secondary N) is 5. The van der Waals surface area contributed by atoms with E-state index in [0.717, 1.165) is 18.3 Å². The number of aromatic nitrogens is 6. The zero-order valence-corrected chi connectivity index (χ0v) is 34.6. The van der Waals surface area contributed by atoms with Crippen molar-refractivity contribution in [3.8, 4) is 11.5 Å². The molecule has 0 aliphatic carbocycles. The number of aliphatic hydroxyl groups is 4. The van der Waals surface area contributed by atoms with Crippen molar-refractivity contribution in [3.05, 3.63) is 83.2 Å². The predicted octanol–water partition coefficient (Wildman–Crippen LogP) is 3.10. The third-order valence-electron chi connectivity index (χ3n) is 8.63. The lowest BCUT2D eigenvalue weighted by Crippen LogP contribution is -2.43. The number of carboxylic acids is 1. The highest BCUT2D eigenvalue weighted by atomic mass is 19.1. The van der Waals surface area contributed by atoms with E-state index in [4.69, 9.17) is 30.5 Å². The number of hydrogen-bond acceptors (Lipinski definition) is 17. The number of aliphatic hydroxyl groups excluding tert-OH is 2. The second-order valence-electron chi connectivity index (χ2n) is 13.8. The minimum absolute atomic E-state index is 0. The Morgan fingerprint density at radius 1 is 0.734 bits per heavy atom. The topological polar surface area (TPSA) is 300 Å². The fraction of sp³-hybridized carbons (Fsp3) is 0.333. The standard InChI is InChI=1S/C19H22F2N6O4.C15H13F2N5O3.C4H11NO2.CH4/c1-19(30,9-28)8-23-18(29)11-7-24-27-15(22-2)6-14(26-17(11)27)25-13-5-10(20)4-12(21)16(13)31-3;1-18-12-5-11(21-14-8(15(23)24)6-19-22(12)14)20-10-4-7(16)3-9(17)13(10)25-2;1-4(7,2-5)3-6;/h4-7,22,28,30H,8-9H2,1-3H3,(H,23,29)(H,25,26);3-6,18H,1-2H3,(H,20,21)(H,23,24);6-7H,2-3,5H2,1H3;1H4. The first kappa shape index (κ1) is 51.3. The molecule has 4 aromatic heterocycles. The number of amides is 1. The molecule has 348 valence electrons. The van der Waals surface area contributed by atoms with E-state index < -0.39 is 53.0 Å². The Balaban J connectivity index is 0.000000297. The van der Waals surface area contributed by atoms with Crippen LogP contribution in [0.3, 0.4) is 0 Å². The summed E-state index contributed by atoms with van der Waals surface area (Å²) < 4.78 is 67.6. The van der Waals surface area contributed by atoms with Crippen LogP contribution in [-0.4, -0.2) is 132 Å². The van der Waals surface area contributed by atoms with Crippen LogP contribution in [0.1, 0.15) is 42.0 Å². The van der Waals surface area contributed by atoms with Crippen LogP contribution in [0.25, 0.3) is 11.3 Å². The molecule has 2 aromatic carbocycles. The highest BCUT2D eigenvalue weighted by Crippen LogP contribution is 2.33. The second kappa shape index (κ2) is 21.8. The summed E-state index contributed by atoms with van der Waals surface area (Å²) in [6.45, 7) is 1.94. The van der Waals surface area contributed by atoms with Crippen LogP contribution in [0.2, 0.25) is 0 Å². The number of methoxy groups -OCH3 is 2. The number of benzene rings is 2. The molecular formula is C39H50F4N12O9. The molecule has 4 heterocycles. The van der Waals surface area contributed by atoms with Gasteiger partial charge in [0.2, 0.25) is 0 Å². The normalized spacial score (nSPS) is 12.5. The molecule has 2 unspecified atom stereocenters. The number of rotatable bonds is 15. The van der Waals surface area contributed by atoms with Gasteiger partial charge in [0.25, 0.3) is 5.91 Å². The summed E-state index contributed by atoms with van der Waals surface area (Å²) in [5.74, 6) is -4.37. The van der Waals surface area contributed by atoms with Crippen molar-refractivity contribution >= 4 is 57.8 Å². The third kappa shape index (κ3) is 12.3. The summed E-state index contributed by atoms with van der Waals surface area (Å²) in [6.07, 6.45) is 2.45. The Morgan fingerprint density at radius 2 is 1.16 bits per heavy atom. The summed E-state index contributed by atoms with van der Waals surface area (Å²) in [6, 6.07) is 6.52. The van der Waals surface area contributed by atoms with Gasteiger partial charge in [-0.25, -0.2) is 32.3 Å². The molecular weight excluding hydrogens is 856 g/mol. The van der Waals surface area contributed by atoms with Gasteiger partial charge in [0.05, 0.1) is 56.8 Å². The third-order valence-corrected chi connectivity index (χ3v) is 8.63. The van der Waals surface area contributed by atoms with Crippen molar-refractivity contribution < 1.29 is 62.2 Å². The summed E-state index contributed by atoms with van der Waals surface area (Å²) in [4.78, 5) is 32.4. The molecule has 2 atom stereocenters. The number of nitrogens with two attached hydrogens (primary N) is 1. The van der Waals surface area contributed by atoms with Crippen molar-refractivity contribution in [3.63, 3.8) is 0 Å². The van der Waals surface area contributed by atoms with E-state index in [2.05, 4.69) is 46.7 Å². The van der Waals surface area contributed by atoms with Crippen LogP contribution in [-0.2, 0) is 0 Å². The molecule has 0 saturated carbocycles. The number of carboxylic acid groups (broad SMARTS) is 1. The van der Waals surface area contributed by atoms with E-state index in [9.17, 15) is 37.4 Å². The molecule has 0 aliphatic rings.